The van der Waals surface area contributed by atoms with Gasteiger partial charge < -0.3 is 10.2 Å². The van der Waals surface area contributed by atoms with E-state index in [0.29, 0.717) is 0 Å². The average Bonchev–Trinajstić information content (AvgIpc) is 2.52. The molecule has 2 heteroatoms. The van der Waals surface area contributed by atoms with Crippen LogP contribution in [0.25, 0.3) is 0 Å². The van der Waals surface area contributed by atoms with Crippen LogP contribution >= 0.6 is 0 Å². The number of nitrogens with one attached hydrogen (secondary N) is 1. The number of piperidine rings is 1. The van der Waals surface area contributed by atoms with Gasteiger partial charge in [0.2, 0.25) is 0 Å². The third kappa shape index (κ3) is 6.13. The van der Waals surface area contributed by atoms with Gasteiger partial charge in [-0.2, -0.15) is 0 Å². The molecule has 0 amide bonds. The molecule has 2 aliphatic rings. The predicted octanol–water partition coefficient (Wildman–Crippen LogP) is 4.20. The van der Waals surface area contributed by atoms with Gasteiger partial charge in [0.05, 0.1) is 0 Å². The lowest BCUT2D eigenvalue weighted by atomic mass is 9.89. The molecular formula is C18H36N2. The van der Waals surface area contributed by atoms with Crippen molar-refractivity contribution in [3.63, 3.8) is 0 Å². The topological polar surface area (TPSA) is 15.3 Å². The molecule has 0 atom stereocenters. The van der Waals surface area contributed by atoms with E-state index in [-0.39, 0.29) is 0 Å². The third-order valence-corrected chi connectivity index (χ3v) is 5.34. The van der Waals surface area contributed by atoms with Crippen LogP contribution in [0.15, 0.2) is 0 Å². The lowest BCUT2D eigenvalue weighted by Gasteiger charge is -2.33. The van der Waals surface area contributed by atoms with E-state index in [2.05, 4.69) is 17.1 Å². The zero-order chi connectivity index (χ0) is 14.0. The predicted molar refractivity (Wildman–Crippen MR) is 88.2 cm³/mol. The van der Waals surface area contributed by atoms with E-state index in [1.807, 2.05) is 0 Å². The fourth-order valence-electron chi connectivity index (χ4n) is 3.85. The molecule has 2 fully saturated rings. The van der Waals surface area contributed by atoms with Gasteiger partial charge in [-0.3, -0.25) is 0 Å². The molecule has 1 saturated heterocycles. The van der Waals surface area contributed by atoms with Crippen molar-refractivity contribution >= 4 is 0 Å². The fourth-order valence-corrected chi connectivity index (χ4v) is 3.85. The van der Waals surface area contributed by atoms with Gasteiger partial charge in [0.15, 0.2) is 0 Å². The van der Waals surface area contributed by atoms with Gasteiger partial charge >= 0.3 is 0 Å². The zero-order valence-electron chi connectivity index (χ0n) is 13.7. The molecule has 1 aliphatic carbocycles. The molecule has 0 spiro atoms. The maximum atomic E-state index is 3.86. The van der Waals surface area contributed by atoms with Gasteiger partial charge in [0.1, 0.15) is 0 Å². The highest BCUT2D eigenvalue weighted by atomic mass is 15.1. The molecule has 2 nitrogen and oxygen atoms in total. The van der Waals surface area contributed by atoms with Gasteiger partial charge in [-0.25, -0.2) is 0 Å². The van der Waals surface area contributed by atoms with Crippen molar-refractivity contribution in [3.8, 4) is 0 Å². The number of hydrogen-bond acceptors (Lipinski definition) is 2. The summed E-state index contributed by atoms with van der Waals surface area (Å²) in [4.78, 5) is 2.69. The lowest BCUT2D eigenvalue weighted by molar-refractivity contribution is 0.188. The molecule has 0 bridgehead atoms. The van der Waals surface area contributed by atoms with E-state index in [0.717, 1.165) is 12.0 Å². The van der Waals surface area contributed by atoms with Gasteiger partial charge in [-0.1, -0.05) is 45.4 Å². The maximum Gasteiger partial charge on any atom is 0.00915 e. The Morgan fingerprint density at radius 2 is 1.65 bits per heavy atom. The summed E-state index contributed by atoms with van der Waals surface area (Å²) in [5.74, 6) is 0.982. The van der Waals surface area contributed by atoms with E-state index >= 15 is 0 Å². The number of rotatable bonds is 8. The first-order valence-corrected chi connectivity index (χ1v) is 9.34. The highest BCUT2D eigenvalue weighted by molar-refractivity contribution is 4.79. The average molecular weight is 281 g/mol. The van der Waals surface area contributed by atoms with Gasteiger partial charge in [0.25, 0.3) is 0 Å². The van der Waals surface area contributed by atoms with E-state index in [1.54, 1.807) is 0 Å². The molecule has 2 rings (SSSR count). The van der Waals surface area contributed by atoms with Crippen LogP contribution in [0.4, 0.5) is 0 Å². The summed E-state index contributed by atoms with van der Waals surface area (Å²) < 4.78 is 0. The minimum atomic E-state index is 0.809. The Morgan fingerprint density at radius 1 is 0.900 bits per heavy atom. The van der Waals surface area contributed by atoms with Crippen molar-refractivity contribution in [1.82, 2.24) is 10.2 Å². The molecular weight excluding hydrogens is 244 g/mol. The summed E-state index contributed by atoms with van der Waals surface area (Å²) in [5.41, 5.74) is 0. The Kier molecular flexibility index (Phi) is 7.97. The number of likely N-dealkylation sites (tertiary alicyclic amines) is 1. The second-order valence-corrected chi connectivity index (χ2v) is 7.09. The first kappa shape index (κ1) is 16.3. The van der Waals surface area contributed by atoms with Crippen LogP contribution in [0.1, 0.15) is 77.6 Å². The third-order valence-electron chi connectivity index (χ3n) is 5.34. The maximum absolute atomic E-state index is 3.86. The first-order chi connectivity index (χ1) is 9.88. The Balaban J connectivity index is 1.50. The molecule has 118 valence electrons. The van der Waals surface area contributed by atoms with Crippen molar-refractivity contribution in [2.75, 3.05) is 26.2 Å². The smallest absolute Gasteiger partial charge is 0.00915 e. The molecule has 0 radical (unpaired) electrons. The molecule has 0 unspecified atom stereocenters. The van der Waals surface area contributed by atoms with Crippen LogP contribution in [0, 0.1) is 5.92 Å². The van der Waals surface area contributed by atoms with Crippen LogP contribution in [0.5, 0.6) is 0 Å². The number of unbranched alkanes of at least 4 members (excludes halogenated alkanes) is 3. The van der Waals surface area contributed by atoms with Crippen LogP contribution in [-0.2, 0) is 0 Å². The minimum absolute atomic E-state index is 0.809. The second-order valence-electron chi connectivity index (χ2n) is 7.09. The van der Waals surface area contributed by atoms with Gasteiger partial charge in [0, 0.05) is 6.04 Å². The standard InChI is InChI=1S/C18H36N2/c1-2-3-4-8-13-20-14-11-18(12-15-20)19-16-17-9-6-5-7-10-17/h17-19H,2-16H2,1H3. The number of hydrogen-bond donors (Lipinski definition) is 1. The first-order valence-electron chi connectivity index (χ1n) is 9.34. The van der Waals surface area contributed by atoms with Crippen LogP contribution < -0.4 is 5.32 Å². The number of nitrogens with zero attached hydrogens (tertiary/aromatic N) is 1. The van der Waals surface area contributed by atoms with E-state index in [4.69, 9.17) is 0 Å². The highest BCUT2D eigenvalue weighted by Gasteiger charge is 2.20. The Bertz CT molecular complexity index is 228. The minimum Gasteiger partial charge on any atom is -0.314 e. The monoisotopic (exact) mass is 280 g/mol. The molecule has 0 aromatic heterocycles. The van der Waals surface area contributed by atoms with E-state index < -0.39 is 0 Å². The summed E-state index contributed by atoms with van der Waals surface area (Å²) >= 11 is 0. The normalized spacial score (nSPS) is 23.2. The fraction of sp³-hybridized carbons (Fsp3) is 1.00. The second kappa shape index (κ2) is 9.78. The van der Waals surface area contributed by atoms with Crippen molar-refractivity contribution in [2.45, 2.75) is 83.6 Å². The molecule has 1 aliphatic heterocycles. The lowest BCUT2D eigenvalue weighted by Crippen LogP contribution is -2.44. The van der Waals surface area contributed by atoms with Crippen molar-refractivity contribution in [3.05, 3.63) is 0 Å². The van der Waals surface area contributed by atoms with Crippen molar-refractivity contribution in [2.24, 2.45) is 5.92 Å². The van der Waals surface area contributed by atoms with Gasteiger partial charge in [-0.15, -0.1) is 0 Å². The molecule has 1 N–H and O–H groups in total. The zero-order valence-corrected chi connectivity index (χ0v) is 13.7. The highest BCUT2D eigenvalue weighted by Crippen LogP contribution is 2.23. The summed E-state index contributed by atoms with van der Waals surface area (Å²) in [7, 11) is 0. The molecule has 1 saturated carbocycles. The molecule has 20 heavy (non-hydrogen) atoms. The Labute approximate surface area is 126 Å². The summed E-state index contributed by atoms with van der Waals surface area (Å²) in [6.07, 6.45) is 15.7. The molecule has 0 aromatic rings. The van der Waals surface area contributed by atoms with Crippen molar-refractivity contribution in [1.29, 1.82) is 0 Å². The van der Waals surface area contributed by atoms with Crippen molar-refractivity contribution < 1.29 is 0 Å². The summed E-state index contributed by atoms with van der Waals surface area (Å²) in [5, 5.41) is 3.86. The van der Waals surface area contributed by atoms with Crippen LogP contribution in [0.2, 0.25) is 0 Å². The van der Waals surface area contributed by atoms with Crippen LogP contribution in [0.3, 0.4) is 0 Å². The van der Waals surface area contributed by atoms with Gasteiger partial charge in [-0.05, 0) is 64.2 Å². The Morgan fingerprint density at radius 3 is 2.35 bits per heavy atom. The van der Waals surface area contributed by atoms with E-state index in [1.165, 1.54) is 96.8 Å². The van der Waals surface area contributed by atoms with Crippen LogP contribution in [-0.4, -0.2) is 37.1 Å². The summed E-state index contributed by atoms with van der Waals surface area (Å²) in [6.45, 7) is 7.59. The SMILES string of the molecule is CCCCCCN1CCC(NCC2CCCCC2)CC1. The molecule has 0 aromatic carbocycles. The quantitative estimate of drug-likeness (QED) is 0.670. The largest absolute Gasteiger partial charge is 0.314 e. The summed E-state index contributed by atoms with van der Waals surface area (Å²) in [6, 6.07) is 0.809. The van der Waals surface area contributed by atoms with E-state index in [9.17, 15) is 0 Å². The Hall–Kier alpha value is -0.0800. The molecule has 1 heterocycles.